The molecule has 0 radical (unpaired) electrons. The molecule has 3 nitrogen and oxygen atoms in total. The maximum atomic E-state index is 5.57. The van der Waals surface area contributed by atoms with E-state index in [9.17, 15) is 0 Å². The van der Waals surface area contributed by atoms with Crippen molar-refractivity contribution in [3.63, 3.8) is 0 Å². The van der Waals surface area contributed by atoms with E-state index in [1.807, 2.05) is 6.07 Å². The first kappa shape index (κ1) is 13.0. The molecule has 0 aliphatic carbocycles. The Bertz CT molecular complexity index is 415. The van der Waals surface area contributed by atoms with Crippen LogP contribution in [0.4, 0.5) is 0 Å². The summed E-state index contributed by atoms with van der Waals surface area (Å²) >= 11 is 0. The summed E-state index contributed by atoms with van der Waals surface area (Å²) in [5.74, 6) is 1.74. The van der Waals surface area contributed by atoms with Gasteiger partial charge >= 0.3 is 0 Å². The Balaban J connectivity index is 1.77. The standard InChI is InChI=1S/C15H21NO2/c1-12(2)5-7-16-8-6-13-3-4-14-15(11-13)18-10-9-17-14/h3-4,11,16H,1,5-10H2,2H3. The van der Waals surface area contributed by atoms with E-state index in [1.165, 1.54) is 11.1 Å². The number of hydrogen-bond acceptors (Lipinski definition) is 3. The van der Waals surface area contributed by atoms with Crippen molar-refractivity contribution in [1.82, 2.24) is 5.32 Å². The zero-order valence-corrected chi connectivity index (χ0v) is 11.0. The van der Waals surface area contributed by atoms with Crippen molar-refractivity contribution in [1.29, 1.82) is 0 Å². The van der Waals surface area contributed by atoms with Gasteiger partial charge in [-0.2, -0.15) is 0 Å². The molecule has 1 aliphatic heterocycles. The van der Waals surface area contributed by atoms with Crippen molar-refractivity contribution >= 4 is 0 Å². The Morgan fingerprint density at radius 1 is 1.22 bits per heavy atom. The lowest BCUT2D eigenvalue weighted by Crippen LogP contribution is -2.19. The van der Waals surface area contributed by atoms with Gasteiger partial charge in [0.1, 0.15) is 13.2 Å². The maximum Gasteiger partial charge on any atom is 0.161 e. The Labute approximate surface area is 109 Å². The summed E-state index contributed by atoms with van der Waals surface area (Å²) in [5, 5.41) is 3.41. The number of fused-ring (bicyclic) bond motifs is 1. The minimum absolute atomic E-state index is 0.646. The van der Waals surface area contributed by atoms with E-state index < -0.39 is 0 Å². The monoisotopic (exact) mass is 247 g/mol. The van der Waals surface area contributed by atoms with Gasteiger partial charge in [0.25, 0.3) is 0 Å². The van der Waals surface area contributed by atoms with Gasteiger partial charge < -0.3 is 14.8 Å². The molecule has 1 aromatic rings. The predicted molar refractivity (Wildman–Crippen MR) is 73.4 cm³/mol. The fourth-order valence-electron chi connectivity index (χ4n) is 1.90. The van der Waals surface area contributed by atoms with Crippen LogP contribution >= 0.6 is 0 Å². The Morgan fingerprint density at radius 3 is 2.78 bits per heavy atom. The third-order valence-corrected chi connectivity index (χ3v) is 2.93. The average molecular weight is 247 g/mol. The van der Waals surface area contributed by atoms with E-state index in [0.717, 1.165) is 37.4 Å². The van der Waals surface area contributed by atoms with Crippen LogP contribution in [0.2, 0.25) is 0 Å². The molecule has 1 aliphatic rings. The van der Waals surface area contributed by atoms with Crippen LogP contribution in [-0.2, 0) is 6.42 Å². The number of hydrogen-bond donors (Lipinski definition) is 1. The number of nitrogens with one attached hydrogen (secondary N) is 1. The van der Waals surface area contributed by atoms with Crippen LogP contribution in [0.25, 0.3) is 0 Å². The number of ether oxygens (including phenoxy) is 2. The quantitative estimate of drug-likeness (QED) is 0.619. The second kappa shape index (κ2) is 6.45. The Kier molecular flexibility index (Phi) is 4.65. The molecule has 2 rings (SSSR count). The van der Waals surface area contributed by atoms with Crippen molar-refractivity contribution in [2.24, 2.45) is 0 Å². The van der Waals surface area contributed by atoms with Crippen molar-refractivity contribution in [3.05, 3.63) is 35.9 Å². The summed E-state index contributed by atoms with van der Waals surface area (Å²) in [6, 6.07) is 6.18. The van der Waals surface area contributed by atoms with E-state index in [4.69, 9.17) is 9.47 Å². The van der Waals surface area contributed by atoms with Gasteiger partial charge in [-0.25, -0.2) is 0 Å². The summed E-state index contributed by atoms with van der Waals surface area (Å²) < 4.78 is 11.1. The number of rotatable bonds is 6. The fraction of sp³-hybridized carbons (Fsp3) is 0.467. The highest BCUT2D eigenvalue weighted by Gasteiger charge is 2.11. The molecule has 3 heteroatoms. The van der Waals surface area contributed by atoms with Gasteiger partial charge in [0, 0.05) is 0 Å². The van der Waals surface area contributed by atoms with Crippen LogP contribution in [0.1, 0.15) is 18.9 Å². The minimum Gasteiger partial charge on any atom is -0.486 e. The third-order valence-electron chi connectivity index (χ3n) is 2.93. The molecule has 0 saturated heterocycles. The molecule has 0 saturated carbocycles. The molecule has 1 N–H and O–H groups in total. The van der Waals surface area contributed by atoms with Gasteiger partial charge in [-0.1, -0.05) is 11.6 Å². The molecule has 0 amide bonds. The van der Waals surface area contributed by atoms with Crippen LogP contribution in [0, 0.1) is 0 Å². The molecule has 1 heterocycles. The van der Waals surface area contributed by atoms with Crippen molar-refractivity contribution in [2.75, 3.05) is 26.3 Å². The van der Waals surface area contributed by atoms with Gasteiger partial charge in [-0.3, -0.25) is 0 Å². The largest absolute Gasteiger partial charge is 0.486 e. The van der Waals surface area contributed by atoms with Crippen molar-refractivity contribution < 1.29 is 9.47 Å². The highest BCUT2D eigenvalue weighted by Crippen LogP contribution is 2.30. The lowest BCUT2D eigenvalue weighted by molar-refractivity contribution is 0.171. The van der Waals surface area contributed by atoms with E-state index in [-0.39, 0.29) is 0 Å². The molecule has 0 aromatic heterocycles. The fourth-order valence-corrected chi connectivity index (χ4v) is 1.90. The van der Waals surface area contributed by atoms with Crippen LogP contribution in [0.15, 0.2) is 30.4 Å². The van der Waals surface area contributed by atoms with E-state index in [2.05, 4.69) is 31.0 Å². The highest BCUT2D eigenvalue weighted by molar-refractivity contribution is 5.43. The van der Waals surface area contributed by atoms with E-state index in [0.29, 0.717) is 13.2 Å². The summed E-state index contributed by atoms with van der Waals surface area (Å²) in [4.78, 5) is 0. The SMILES string of the molecule is C=C(C)CCNCCc1ccc2c(c1)OCCO2. The van der Waals surface area contributed by atoms with Crippen molar-refractivity contribution in [2.45, 2.75) is 19.8 Å². The highest BCUT2D eigenvalue weighted by atomic mass is 16.6. The van der Waals surface area contributed by atoms with E-state index >= 15 is 0 Å². The van der Waals surface area contributed by atoms with Gasteiger partial charge in [0.05, 0.1) is 0 Å². The van der Waals surface area contributed by atoms with Crippen LogP contribution in [0.5, 0.6) is 11.5 Å². The van der Waals surface area contributed by atoms with Crippen LogP contribution < -0.4 is 14.8 Å². The van der Waals surface area contributed by atoms with Crippen LogP contribution in [0.3, 0.4) is 0 Å². The van der Waals surface area contributed by atoms with Crippen LogP contribution in [-0.4, -0.2) is 26.3 Å². The molecule has 0 fully saturated rings. The molecule has 1 aromatic carbocycles. The first-order valence-corrected chi connectivity index (χ1v) is 6.49. The zero-order chi connectivity index (χ0) is 12.8. The van der Waals surface area contributed by atoms with Gasteiger partial charge in [-0.15, -0.1) is 6.58 Å². The summed E-state index contributed by atoms with van der Waals surface area (Å²) in [6.07, 6.45) is 2.05. The molecule has 0 unspecified atom stereocenters. The zero-order valence-electron chi connectivity index (χ0n) is 11.0. The van der Waals surface area contributed by atoms with Gasteiger partial charge in [-0.05, 0) is 50.6 Å². The molecule has 18 heavy (non-hydrogen) atoms. The summed E-state index contributed by atoms with van der Waals surface area (Å²) in [6.45, 7) is 9.22. The first-order valence-electron chi connectivity index (χ1n) is 6.49. The Morgan fingerprint density at radius 2 is 2.00 bits per heavy atom. The second-order valence-electron chi connectivity index (χ2n) is 4.69. The average Bonchev–Trinajstić information content (AvgIpc) is 2.38. The molecule has 0 spiro atoms. The van der Waals surface area contributed by atoms with Gasteiger partial charge in [0.15, 0.2) is 11.5 Å². The maximum absolute atomic E-state index is 5.57. The predicted octanol–water partition coefficient (Wildman–Crippen LogP) is 2.56. The summed E-state index contributed by atoms with van der Waals surface area (Å²) in [7, 11) is 0. The normalized spacial score (nSPS) is 13.4. The smallest absolute Gasteiger partial charge is 0.161 e. The molecule has 0 bridgehead atoms. The van der Waals surface area contributed by atoms with Gasteiger partial charge in [0.2, 0.25) is 0 Å². The lowest BCUT2D eigenvalue weighted by Gasteiger charge is -2.18. The molecule has 0 atom stereocenters. The number of benzene rings is 1. The lowest BCUT2D eigenvalue weighted by atomic mass is 10.1. The molecular weight excluding hydrogens is 226 g/mol. The third kappa shape index (κ3) is 3.77. The topological polar surface area (TPSA) is 30.5 Å². The summed E-state index contributed by atoms with van der Waals surface area (Å²) in [5.41, 5.74) is 2.50. The van der Waals surface area contributed by atoms with Crippen molar-refractivity contribution in [3.8, 4) is 11.5 Å². The molecule has 98 valence electrons. The van der Waals surface area contributed by atoms with E-state index in [1.54, 1.807) is 0 Å². The second-order valence-corrected chi connectivity index (χ2v) is 4.69. The Hall–Kier alpha value is -1.48. The molecular formula is C15H21NO2. The first-order chi connectivity index (χ1) is 8.75. The minimum atomic E-state index is 0.646.